The molecule has 1 nitrogen and oxygen atoms in total. The van der Waals surface area contributed by atoms with Gasteiger partial charge in [0.05, 0.1) is 6.10 Å². The van der Waals surface area contributed by atoms with Gasteiger partial charge in [0.15, 0.2) is 0 Å². The van der Waals surface area contributed by atoms with Crippen LogP contribution in [0.2, 0.25) is 0 Å². The molecule has 0 aromatic carbocycles. The molecule has 0 amide bonds. The number of rotatable bonds is 2. The van der Waals surface area contributed by atoms with Crippen molar-refractivity contribution < 1.29 is 5.11 Å². The zero-order valence-corrected chi connectivity index (χ0v) is 8.66. The van der Waals surface area contributed by atoms with Crippen LogP contribution in [-0.4, -0.2) is 11.2 Å². The summed E-state index contributed by atoms with van der Waals surface area (Å²) in [5.74, 6) is 1.04. The fraction of sp³-hybridized carbons (Fsp3) is 0.667. The molecule has 1 saturated carbocycles. The molecule has 0 radical (unpaired) electrons. The van der Waals surface area contributed by atoms with E-state index in [0.717, 1.165) is 12.8 Å². The summed E-state index contributed by atoms with van der Waals surface area (Å²) >= 11 is 0. The fourth-order valence-corrected chi connectivity index (χ4v) is 1.97. The quantitative estimate of drug-likeness (QED) is 0.648. The molecule has 1 heteroatoms. The van der Waals surface area contributed by atoms with Gasteiger partial charge in [-0.1, -0.05) is 31.2 Å². The van der Waals surface area contributed by atoms with E-state index in [1.54, 1.807) is 0 Å². The average Bonchev–Trinajstić information content (AvgIpc) is 2.09. The Morgan fingerprint density at radius 2 is 2.15 bits per heavy atom. The van der Waals surface area contributed by atoms with Gasteiger partial charge in [-0.2, -0.15) is 0 Å². The number of allylic oxidation sites excluding steroid dienone is 2. The minimum Gasteiger partial charge on any atom is -0.393 e. The summed E-state index contributed by atoms with van der Waals surface area (Å²) in [7, 11) is 0. The lowest BCUT2D eigenvalue weighted by atomic mass is 9.80. The summed E-state index contributed by atoms with van der Waals surface area (Å²) in [6.45, 7) is 7.97. The zero-order chi connectivity index (χ0) is 9.84. The second-order valence-electron chi connectivity index (χ2n) is 4.26. The molecule has 74 valence electrons. The van der Waals surface area contributed by atoms with Crippen LogP contribution in [0.4, 0.5) is 0 Å². The lowest BCUT2D eigenvalue weighted by Gasteiger charge is -2.29. The minimum absolute atomic E-state index is 0.140. The van der Waals surface area contributed by atoms with E-state index in [-0.39, 0.29) is 6.10 Å². The Hall–Kier alpha value is -0.560. The fourth-order valence-electron chi connectivity index (χ4n) is 1.97. The Balaban J connectivity index is 2.56. The van der Waals surface area contributed by atoms with Gasteiger partial charge >= 0.3 is 0 Å². The van der Waals surface area contributed by atoms with Crippen LogP contribution in [0.5, 0.6) is 0 Å². The molecule has 1 fully saturated rings. The Kier molecular flexibility index (Phi) is 3.73. The van der Waals surface area contributed by atoms with Crippen LogP contribution in [0.3, 0.4) is 0 Å². The Morgan fingerprint density at radius 1 is 1.46 bits per heavy atom. The van der Waals surface area contributed by atoms with Gasteiger partial charge in [0.2, 0.25) is 0 Å². The van der Waals surface area contributed by atoms with Gasteiger partial charge in [-0.05, 0) is 32.1 Å². The highest BCUT2D eigenvalue weighted by atomic mass is 16.3. The van der Waals surface area contributed by atoms with E-state index < -0.39 is 0 Å². The van der Waals surface area contributed by atoms with Crippen molar-refractivity contribution in [3.63, 3.8) is 0 Å². The second kappa shape index (κ2) is 4.61. The molecule has 3 atom stereocenters. The summed E-state index contributed by atoms with van der Waals surface area (Å²) in [5.41, 5.74) is 1.18. The molecule has 1 N–H and O–H groups in total. The van der Waals surface area contributed by atoms with E-state index in [0.29, 0.717) is 11.8 Å². The number of aliphatic hydroxyl groups is 1. The van der Waals surface area contributed by atoms with Crippen molar-refractivity contribution in [2.45, 2.75) is 39.2 Å². The predicted octanol–water partition coefficient (Wildman–Crippen LogP) is 2.92. The third-order valence-corrected chi connectivity index (χ3v) is 2.93. The number of hydrogen-bond donors (Lipinski definition) is 1. The van der Waals surface area contributed by atoms with Crippen molar-refractivity contribution in [3.8, 4) is 0 Å². The van der Waals surface area contributed by atoms with Crippen molar-refractivity contribution in [1.82, 2.24) is 0 Å². The van der Waals surface area contributed by atoms with Crippen molar-refractivity contribution in [2.24, 2.45) is 11.8 Å². The third-order valence-electron chi connectivity index (χ3n) is 2.93. The Bertz CT molecular complexity index is 205. The van der Waals surface area contributed by atoms with Crippen LogP contribution in [0.1, 0.15) is 33.1 Å². The molecule has 1 rings (SSSR count). The molecule has 0 bridgehead atoms. The average molecular weight is 180 g/mol. The molecule has 13 heavy (non-hydrogen) atoms. The van der Waals surface area contributed by atoms with Crippen molar-refractivity contribution in [1.29, 1.82) is 0 Å². The lowest BCUT2D eigenvalue weighted by molar-refractivity contribution is 0.0702. The van der Waals surface area contributed by atoms with E-state index in [9.17, 15) is 5.11 Å². The molecule has 1 aliphatic rings. The molecule has 0 saturated heterocycles. The second-order valence-corrected chi connectivity index (χ2v) is 4.26. The van der Waals surface area contributed by atoms with Gasteiger partial charge in [0, 0.05) is 5.92 Å². The van der Waals surface area contributed by atoms with E-state index in [1.165, 1.54) is 12.0 Å². The maximum Gasteiger partial charge on any atom is 0.0605 e. The Morgan fingerprint density at radius 3 is 2.69 bits per heavy atom. The maximum atomic E-state index is 9.80. The first-order chi connectivity index (χ1) is 6.13. The van der Waals surface area contributed by atoms with Crippen LogP contribution in [-0.2, 0) is 0 Å². The smallest absolute Gasteiger partial charge is 0.0605 e. The van der Waals surface area contributed by atoms with Gasteiger partial charge in [-0.15, -0.1) is 0 Å². The van der Waals surface area contributed by atoms with Crippen LogP contribution in [0.15, 0.2) is 24.3 Å². The number of aliphatic hydroxyl groups excluding tert-OH is 1. The molecule has 0 aliphatic heterocycles. The highest BCUT2D eigenvalue weighted by Crippen LogP contribution is 2.30. The van der Waals surface area contributed by atoms with Crippen molar-refractivity contribution in [3.05, 3.63) is 24.3 Å². The van der Waals surface area contributed by atoms with Gasteiger partial charge in [0.25, 0.3) is 0 Å². The molecule has 0 aromatic heterocycles. The SMILES string of the molecule is C=C/C(C)=C\C1CCC(C)CC1O. The molecule has 0 aromatic rings. The largest absolute Gasteiger partial charge is 0.393 e. The monoisotopic (exact) mass is 180 g/mol. The van der Waals surface area contributed by atoms with E-state index >= 15 is 0 Å². The number of hydrogen-bond acceptors (Lipinski definition) is 1. The predicted molar refractivity (Wildman–Crippen MR) is 56.5 cm³/mol. The highest BCUT2D eigenvalue weighted by Gasteiger charge is 2.24. The summed E-state index contributed by atoms with van der Waals surface area (Å²) in [4.78, 5) is 0. The van der Waals surface area contributed by atoms with Crippen LogP contribution in [0.25, 0.3) is 0 Å². The van der Waals surface area contributed by atoms with E-state index in [2.05, 4.69) is 19.6 Å². The van der Waals surface area contributed by atoms with Crippen molar-refractivity contribution in [2.75, 3.05) is 0 Å². The van der Waals surface area contributed by atoms with E-state index in [4.69, 9.17) is 0 Å². The molecule has 0 spiro atoms. The summed E-state index contributed by atoms with van der Waals surface area (Å²) in [5, 5.41) is 9.80. The maximum absolute atomic E-state index is 9.80. The minimum atomic E-state index is -0.140. The van der Waals surface area contributed by atoms with Crippen molar-refractivity contribution >= 4 is 0 Å². The first kappa shape index (κ1) is 10.5. The zero-order valence-electron chi connectivity index (χ0n) is 8.66. The van der Waals surface area contributed by atoms with E-state index in [1.807, 2.05) is 13.0 Å². The molecule has 3 unspecified atom stereocenters. The van der Waals surface area contributed by atoms with Crippen LogP contribution < -0.4 is 0 Å². The summed E-state index contributed by atoms with van der Waals surface area (Å²) in [6.07, 6.45) is 7.18. The van der Waals surface area contributed by atoms with Gasteiger partial charge in [0.1, 0.15) is 0 Å². The molecule has 1 aliphatic carbocycles. The lowest BCUT2D eigenvalue weighted by Crippen LogP contribution is -2.27. The first-order valence-corrected chi connectivity index (χ1v) is 5.12. The van der Waals surface area contributed by atoms with Crippen LogP contribution >= 0.6 is 0 Å². The van der Waals surface area contributed by atoms with Crippen LogP contribution in [0, 0.1) is 11.8 Å². The summed E-state index contributed by atoms with van der Waals surface area (Å²) in [6, 6.07) is 0. The Labute approximate surface area is 81.2 Å². The molecule has 0 heterocycles. The normalized spacial score (nSPS) is 35.9. The first-order valence-electron chi connectivity index (χ1n) is 5.12. The highest BCUT2D eigenvalue weighted by molar-refractivity contribution is 5.15. The van der Waals surface area contributed by atoms with Gasteiger partial charge in [-0.25, -0.2) is 0 Å². The molecular weight excluding hydrogens is 160 g/mol. The van der Waals surface area contributed by atoms with Gasteiger partial charge < -0.3 is 5.11 Å². The third kappa shape index (κ3) is 3.00. The standard InChI is InChI=1S/C12H20O/c1-4-9(2)7-11-6-5-10(3)8-12(11)13/h4,7,10-13H,1,5-6,8H2,2-3H3/b9-7-. The molecular formula is C12H20O. The summed E-state index contributed by atoms with van der Waals surface area (Å²) < 4.78 is 0. The topological polar surface area (TPSA) is 20.2 Å². The van der Waals surface area contributed by atoms with Gasteiger partial charge in [-0.3, -0.25) is 0 Å².